The summed E-state index contributed by atoms with van der Waals surface area (Å²) in [6.07, 6.45) is 0. The SMILES string of the molecule is Nc1cccc(Cl)c1C(=O)Nc1cccc(Cl)c1F. The van der Waals surface area contributed by atoms with Crippen LogP contribution in [0.4, 0.5) is 15.8 Å². The smallest absolute Gasteiger partial charge is 0.259 e. The fraction of sp³-hybridized carbons (Fsp3) is 0. The zero-order valence-corrected chi connectivity index (χ0v) is 11.1. The third kappa shape index (κ3) is 2.80. The van der Waals surface area contributed by atoms with Gasteiger partial charge >= 0.3 is 0 Å². The van der Waals surface area contributed by atoms with Crippen LogP contribution in [0.1, 0.15) is 10.4 Å². The Balaban J connectivity index is 2.34. The summed E-state index contributed by atoms with van der Waals surface area (Å²) in [5.74, 6) is -1.30. The van der Waals surface area contributed by atoms with Gasteiger partial charge in [0.2, 0.25) is 0 Å². The van der Waals surface area contributed by atoms with Crippen LogP contribution in [-0.2, 0) is 0 Å². The van der Waals surface area contributed by atoms with Crippen molar-refractivity contribution in [1.82, 2.24) is 0 Å². The third-order valence-electron chi connectivity index (χ3n) is 2.47. The molecule has 0 aliphatic carbocycles. The molecule has 0 unspecified atom stereocenters. The first-order chi connectivity index (χ1) is 9.00. The Hall–Kier alpha value is -1.78. The molecule has 2 aromatic carbocycles. The lowest BCUT2D eigenvalue weighted by Gasteiger charge is -2.10. The number of hydrogen-bond donors (Lipinski definition) is 2. The van der Waals surface area contributed by atoms with Crippen LogP contribution < -0.4 is 11.1 Å². The quantitative estimate of drug-likeness (QED) is 0.824. The van der Waals surface area contributed by atoms with Crippen LogP contribution in [0.5, 0.6) is 0 Å². The minimum absolute atomic E-state index is 0.0307. The first-order valence-corrected chi connectivity index (χ1v) is 6.05. The third-order valence-corrected chi connectivity index (χ3v) is 3.08. The number of nitrogens with two attached hydrogens (primary N) is 1. The Morgan fingerprint density at radius 1 is 1.11 bits per heavy atom. The van der Waals surface area contributed by atoms with E-state index in [4.69, 9.17) is 28.9 Å². The van der Waals surface area contributed by atoms with Gasteiger partial charge in [-0.1, -0.05) is 35.3 Å². The zero-order valence-electron chi connectivity index (χ0n) is 9.58. The van der Waals surface area contributed by atoms with E-state index >= 15 is 0 Å². The van der Waals surface area contributed by atoms with Crippen molar-refractivity contribution in [3.8, 4) is 0 Å². The highest BCUT2D eigenvalue weighted by atomic mass is 35.5. The molecule has 6 heteroatoms. The van der Waals surface area contributed by atoms with Gasteiger partial charge in [0.1, 0.15) is 0 Å². The van der Waals surface area contributed by atoms with Gasteiger partial charge in [0.05, 0.1) is 21.3 Å². The van der Waals surface area contributed by atoms with E-state index in [1.165, 1.54) is 30.3 Å². The van der Waals surface area contributed by atoms with Crippen LogP contribution in [0.2, 0.25) is 10.0 Å². The first kappa shape index (κ1) is 13.6. The molecule has 0 aliphatic rings. The molecule has 0 radical (unpaired) electrons. The van der Waals surface area contributed by atoms with Gasteiger partial charge in [0.25, 0.3) is 5.91 Å². The van der Waals surface area contributed by atoms with Gasteiger partial charge in [-0.25, -0.2) is 4.39 Å². The van der Waals surface area contributed by atoms with E-state index in [1.54, 1.807) is 6.07 Å². The van der Waals surface area contributed by atoms with Crippen LogP contribution in [0.25, 0.3) is 0 Å². The summed E-state index contributed by atoms with van der Waals surface area (Å²) in [6.45, 7) is 0. The molecule has 3 nitrogen and oxygen atoms in total. The van der Waals surface area contributed by atoms with Crippen molar-refractivity contribution in [3.05, 3.63) is 57.8 Å². The summed E-state index contributed by atoms with van der Waals surface area (Å²) in [6, 6.07) is 8.99. The number of benzene rings is 2. The molecule has 0 saturated carbocycles. The summed E-state index contributed by atoms with van der Waals surface area (Å²) in [7, 11) is 0. The molecule has 0 heterocycles. The molecule has 19 heavy (non-hydrogen) atoms. The molecular weight excluding hydrogens is 290 g/mol. The molecule has 1 amide bonds. The van der Waals surface area contributed by atoms with Crippen LogP contribution in [0.3, 0.4) is 0 Å². The van der Waals surface area contributed by atoms with Gasteiger partial charge in [-0.3, -0.25) is 4.79 Å². The van der Waals surface area contributed by atoms with Crippen LogP contribution in [-0.4, -0.2) is 5.91 Å². The van der Waals surface area contributed by atoms with E-state index in [-0.39, 0.29) is 27.0 Å². The second-order valence-corrected chi connectivity index (χ2v) is 4.57. The van der Waals surface area contributed by atoms with E-state index in [0.717, 1.165) is 0 Å². The average Bonchev–Trinajstić information content (AvgIpc) is 2.35. The highest BCUT2D eigenvalue weighted by Gasteiger charge is 2.16. The second-order valence-electron chi connectivity index (χ2n) is 3.76. The Morgan fingerprint density at radius 3 is 2.42 bits per heavy atom. The molecule has 0 fully saturated rings. The predicted molar refractivity (Wildman–Crippen MR) is 75.2 cm³/mol. The number of halogens is 3. The van der Waals surface area contributed by atoms with E-state index in [0.29, 0.717) is 0 Å². The molecule has 2 aromatic rings. The number of hydrogen-bond acceptors (Lipinski definition) is 2. The van der Waals surface area contributed by atoms with Gasteiger partial charge < -0.3 is 11.1 Å². The first-order valence-electron chi connectivity index (χ1n) is 5.30. The fourth-order valence-electron chi connectivity index (χ4n) is 1.57. The maximum absolute atomic E-state index is 13.7. The Labute approximate surface area is 119 Å². The molecular formula is C13H9Cl2FN2O. The maximum atomic E-state index is 13.7. The van der Waals surface area contributed by atoms with Crippen molar-refractivity contribution in [2.45, 2.75) is 0 Å². The average molecular weight is 299 g/mol. The van der Waals surface area contributed by atoms with E-state index in [2.05, 4.69) is 5.32 Å². The summed E-state index contributed by atoms with van der Waals surface area (Å²) >= 11 is 11.5. The molecule has 3 N–H and O–H groups in total. The van der Waals surface area contributed by atoms with Crippen molar-refractivity contribution < 1.29 is 9.18 Å². The minimum Gasteiger partial charge on any atom is -0.398 e. The summed E-state index contributed by atoms with van der Waals surface area (Å²) in [5, 5.41) is 2.50. The van der Waals surface area contributed by atoms with Crippen molar-refractivity contribution in [2.75, 3.05) is 11.1 Å². The monoisotopic (exact) mass is 298 g/mol. The topological polar surface area (TPSA) is 55.1 Å². The molecule has 0 aliphatic heterocycles. The molecule has 98 valence electrons. The van der Waals surface area contributed by atoms with Gasteiger partial charge in [0, 0.05) is 5.69 Å². The molecule has 0 atom stereocenters. The van der Waals surface area contributed by atoms with E-state index in [9.17, 15) is 9.18 Å². The summed E-state index contributed by atoms with van der Waals surface area (Å²) in [5.41, 5.74) is 5.96. The molecule has 2 rings (SSSR count). The van der Waals surface area contributed by atoms with Crippen molar-refractivity contribution >= 4 is 40.5 Å². The van der Waals surface area contributed by atoms with Gasteiger partial charge in [-0.05, 0) is 24.3 Å². The highest BCUT2D eigenvalue weighted by Crippen LogP contribution is 2.26. The Morgan fingerprint density at radius 2 is 1.74 bits per heavy atom. The lowest BCUT2D eigenvalue weighted by molar-refractivity contribution is 0.102. The van der Waals surface area contributed by atoms with Gasteiger partial charge in [-0.15, -0.1) is 0 Å². The maximum Gasteiger partial charge on any atom is 0.259 e. The van der Waals surface area contributed by atoms with Crippen LogP contribution >= 0.6 is 23.2 Å². The Kier molecular flexibility index (Phi) is 3.93. The normalized spacial score (nSPS) is 10.3. The fourth-order valence-corrected chi connectivity index (χ4v) is 2.01. The number of carbonyl (C=O) groups excluding carboxylic acids is 1. The standard InChI is InChI=1S/C13H9Cl2FN2O/c14-7-3-1-5-9(17)11(7)13(19)18-10-6-2-4-8(15)12(10)16/h1-6H,17H2,(H,18,19). The summed E-state index contributed by atoms with van der Waals surface area (Å²) in [4.78, 5) is 12.0. The van der Waals surface area contributed by atoms with Gasteiger partial charge in [-0.2, -0.15) is 0 Å². The zero-order chi connectivity index (χ0) is 14.0. The van der Waals surface area contributed by atoms with E-state index in [1.807, 2.05) is 0 Å². The lowest BCUT2D eigenvalue weighted by atomic mass is 10.1. The number of rotatable bonds is 2. The predicted octanol–water partition coefficient (Wildman–Crippen LogP) is 3.97. The highest BCUT2D eigenvalue weighted by molar-refractivity contribution is 6.35. The number of amides is 1. The van der Waals surface area contributed by atoms with Crippen molar-refractivity contribution in [2.24, 2.45) is 0 Å². The van der Waals surface area contributed by atoms with Crippen molar-refractivity contribution in [3.63, 3.8) is 0 Å². The molecule has 0 spiro atoms. The minimum atomic E-state index is -0.705. The largest absolute Gasteiger partial charge is 0.398 e. The number of nitrogens with one attached hydrogen (secondary N) is 1. The van der Waals surface area contributed by atoms with Gasteiger partial charge in [0.15, 0.2) is 5.82 Å². The lowest BCUT2D eigenvalue weighted by Crippen LogP contribution is -2.15. The second kappa shape index (κ2) is 5.47. The van der Waals surface area contributed by atoms with E-state index < -0.39 is 11.7 Å². The molecule has 0 saturated heterocycles. The van der Waals surface area contributed by atoms with Crippen molar-refractivity contribution in [1.29, 1.82) is 0 Å². The molecule has 0 aromatic heterocycles. The number of anilines is 2. The number of carbonyl (C=O) groups is 1. The Bertz CT molecular complexity index is 626. The van der Waals surface area contributed by atoms with Crippen LogP contribution in [0.15, 0.2) is 36.4 Å². The number of nitrogen functional groups attached to an aromatic ring is 1. The molecule has 0 bridgehead atoms. The van der Waals surface area contributed by atoms with Crippen LogP contribution in [0, 0.1) is 5.82 Å². The summed E-state index contributed by atoms with van der Waals surface area (Å²) < 4.78 is 13.7.